The molecule has 0 fully saturated rings. The van der Waals surface area contributed by atoms with E-state index in [4.69, 9.17) is 45.2 Å². The molecule has 684 valence electrons. The fraction of sp³-hybridized carbons (Fsp3) is 0.120. The Balaban J connectivity index is 0.000000129. The minimum atomic E-state index is -0.541. The Bertz CT molecular complexity index is 8350. The Morgan fingerprint density at radius 1 is 0.329 bits per heavy atom. The zero-order valence-electron chi connectivity index (χ0n) is 78.2. The van der Waals surface area contributed by atoms with Crippen LogP contribution in [0.1, 0.15) is 77.9 Å². The smallest absolute Gasteiger partial charge is 0.249 e. The van der Waals surface area contributed by atoms with Crippen LogP contribution in [0.3, 0.4) is 0 Å². The molecule has 20 rings (SSSR count). The molecule has 9 aromatic carbocycles. The zero-order valence-corrected chi connectivity index (χ0v) is 78.2. The number of hydrogen-bond donors (Lipinski definition) is 6. The fourth-order valence-corrected chi connectivity index (χ4v) is 16.3. The van der Waals surface area contributed by atoms with E-state index >= 15 is 0 Å². The minimum Gasteiger partial charge on any atom is -0.436 e. The van der Waals surface area contributed by atoms with Crippen molar-refractivity contribution >= 4 is 102 Å². The van der Waals surface area contributed by atoms with Crippen LogP contribution < -0.4 is 40.8 Å². The Morgan fingerprint density at radius 3 is 1.06 bits per heavy atom. The summed E-state index contributed by atoms with van der Waals surface area (Å²) in [6.45, 7) is 16.0. The van der Waals surface area contributed by atoms with Gasteiger partial charge in [-0.2, -0.15) is 61.7 Å². The number of aryl methyl sites for hydroxylation is 13. The van der Waals surface area contributed by atoms with E-state index in [9.17, 15) is 14.9 Å². The largest absolute Gasteiger partial charge is 0.436 e. The molecule has 0 saturated heterocycles. The third-order valence-electron chi connectivity index (χ3n) is 23.2. The van der Waals surface area contributed by atoms with E-state index in [2.05, 4.69) is 144 Å². The minimum absolute atomic E-state index is 0.00233. The highest BCUT2D eigenvalue weighted by Gasteiger charge is 2.24. The second kappa shape index (κ2) is 40.0. The molecule has 11 heterocycles. The van der Waals surface area contributed by atoms with Crippen LogP contribution in [-0.4, -0.2) is 83.1 Å². The topological polar surface area (TPSA) is 413 Å². The highest BCUT2D eigenvalue weighted by Crippen LogP contribution is 2.43. The molecule has 0 aliphatic heterocycles. The van der Waals surface area contributed by atoms with Gasteiger partial charge >= 0.3 is 0 Å². The van der Waals surface area contributed by atoms with Crippen LogP contribution in [0.5, 0.6) is 34.9 Å². The lowest BCUT2D eigenvalue weighted by molar-refractivity contribution is 0.459. The van der Waals surface area contributed by atoms with Gasteiger partial charge in [-0.05, 0) is 316 Å². The number of nitrogens with zero attached hydrogens (tertiary/aromatic N) is 22. The third kappa shape index (κ3) is 20.0. The molecule has 0 amide bonds. The second-order valence-electron chi connectivity index (χ2n) is 33.3. The number of aromatic nitrogens is 17. The van der Waals surface area contributed by atoms with Crippen molar-refractivity contribution in [2.75, 3.05) is 26.6 Å². The average molecular weight is 1840 g/mol. The number of fused-ring (bicyclic) bond motifs is 4. The highest BCUT2D eigenvalue weighted by molar-refractivity contribution is 5.92. The van der Waals surface area contributed by atoms with Gasteiger partial charge in [-0.15, -0.1) is 0 Å². The van der Waals surface area contributed by atoms with E-state index in [0.717, 1.165) is 168 Å². The number of H-pyrrole nitrogens is 1. The summed E-state index contributed by atoms with van der Waals surface area (Å²) in [6, 6.07) is 73.4. The van der Waals surface area contributed by atoms with Crippen LogP contribution in [0.25, 0.3) is 88.8 Å². The van der Waals surface area contributed by atoms with Gasteiger partial charge in [0.05, 0.1) is 91.6 Å². The molecule has 0 atom stereocenters. The van der Waals surface area contributed by atoms with Gasteiger partial charge in [0.1, 0.15) is 57.3 Å². The first-order valence-corrected chi connectivity index (χ1v) is 44.0. The third-order valence-corrected chi connectivity index (χ3v) is 23.2. The summed E-state index contributed by atoms with van der Waals surface area (Å²) in [5.41, 5.74) is 28.6. The molecule has 31 nitrogen and oxygen atoms in total. The molecule has 6 N–H and O–H groups in total. The SMILES string of the molecule is Cc1cc(-c2ccc(F)c(C#N)c2)cc(C)c1Oc1nc(Nc2ccc(C#N)cc2)nc2ccn(C)c12.Cc1cc(-c2ccncc2C#N)cc(C)c1Nc1nc(Nc2ccc(C#N)cc2)nc2ccn(C)c12.Cc1cc(-c2ccnn2C)cc(C)c1Oc1nc(Nc2ccc(C#N)cc2)nc2ccn(C)c12.Cc1cc(-c2cn[nH]c2)cc(C)c1Oc1nc(Nc2ccc(C#N)cc2)nc2ccn(C)c12. The standard InChI is InChI=1S/C29H21FN6O.C28H22N8.C26H23N7O.C25H21N7O/c1-17-12-21(20-6-9-24(30)22(14-20)16-32)13-18(2)27(17)37-28-26-25(10-11-36(26)3)34-29(35-28)33-23-7-4-19(15-31)5-8-23;1-17-12-20(23-8-10-31-16-21(23)15-30)13-18(2)25(17)34-27-26-24(9-11-36(26)3)33-28(35-27)32-22-6-4-19(14-29)5-7-22;1-16-13-19(22-9-11-28-33(22)4)14-17(2)24(16)34-25-23-21(10-12-32(23)3)30-26(31-25)29-20-7-5-18(15-27)6-8-20;1-15-10-18(19-13-27-28-14-19)11-16(2)23(15)33-24-22-21(8-9-32(22)3)30-25(31-24)29-20-6-4-17(12-26)5-7-20/h4-14H,1-3H3,(H,33,34,35);4-13,16H,1-3H3,(H2,32,33,34,35);5-14H,1-4H3,(H,29,30,31);4-11,13-14H,1-3H3,(H,27,28)(H,29,30,31). The summed E-state index contributed by atoms with van der Waals surface area (Å²) in [4.78, 5) is 41.4. The molecule has 11 aromatic heterocycles. The Labute approximate surface area is 803 Å². The van der Waals surface area contributed by atoms with Gasteiger partial charge < -0.3 is 59.1 Å². The number of ether oxygens (including phenoxy) is 3. The van der Waals surface area contributed by atoms with Gasteiger partial charge in [0.25, 0.3) is 0 Å². The van der Waals surface area contributed by atoms with Crippen molar-refractivity contribution in [1.82, 2.24) is 83.1 Å². The number of nitrogens with one attached hydrogen (secondary N) is 6. The number of nitriles is 6. The molecule has 0 spiro atoms. The van der Waals surface area contributed by atoms with E-state index in [-0.39, 0.29) is 5.56 Å². The predicted molar refractivity (Wildman–Crippen MR) is 537 cm³/mol. The van der Waals surface area contributed by atoms with Crippen LogP contribution in [-0.2, 0) is 35.2 Å². The van der Waals surface area contributed by atoms with Crippen LogP contribution >= 0.6 is 0 Å². The molecule has 0 radical (unpaired) electrons. The van der Waals surface area contributed by atoms with E-state index in [1.807, 2.05) is 236 Å². The molecular formula is C108H87FN28O3. The summed E-state index contributed by atoms with van der Waals surface area (Å²) in [6.07, 6.45) is 16.4. The van der Waals surface area contributed by atoms with Crippen molar-refractivity contribution in [2.24, 2.45) is 35.2 Å². The first-order chi connectivity index (χ1) is 67.8. The number of aromatic amines is 1. The zero-order chi connectivity index (χ0) is 98.1. The van der Waals surface area contributed by atoms with Gasteiger partial charge in [0.2, 0.25) is 41.4 Å². The Kier molecular flexibility index (Phi) is 26.3. The van der Waals surface area contributed by atoms with Gasteiger partial charge in [-0.1, -0.05) is 6.07 Å². The van der Waals surface area contributed by atoms with E-state index in [1.165, 1.54) is 6.07 Å². The number of pyridine rings is 1. The second-order valence-corrected chi connectivity index (χ2v) is 33.3. The lowest BCUT2D eigenvalue weighted by Gasteiger charge is -2.17. The number of hydrogen-bond acceptors (Lipinski definition) is 25. The van der Waals surface area contributed by atoms with Crippen molar-refractivity contribution in [3.63, 3.8) is 0 Å². The predicted octanol–water partition coefficient (Wildman–Crippen LogP) is 23.3. The first-order valence-electron chi connectivity index (χ1n) is 44.0. The van der Waals surface area contributed by atoms with E-state index in [0.29, 0.717) is 86.3 Å². The molecule has 0 aliphatic carbocycles. The van der Waals surface area contributed by atoms with Crippen LogP contribution in [0.4, 0.5) is 62.4 Å². The maximum absolute atomic E-state index is 13.8. The average Bonchev–Trinajstić information content (AvgIpc) is 1.49. The van der Waals surface area contributed by atoms with E-state index < -0.39 is 5.82 Å². The maximum Gasteiger partial charge on any atom is 0.249 e. The van der Waals surface area contributed by atoms with E-state index in [1.54, 1.807) is 97.6 Å². The van der Waals surface area contributed by atoms with Gasteiger partial charge in [0, 0.05) is 130 Å². The molecular weight excluding hydrogens is 1760 g/mol. The molecule has 0 unspecified atom stereocenters. The van der Waals surface area contributed by atoms with Crippen molar-refractivity contribution < 1.29 is 18.6 Å². The number of anilines is 10. The summed E-state index contributed by atoms with van der Waals surface area (Å²) in [5.74, 6) is 5.26. The van der Waals surface area contributed by atoms with Crippen molar-refractivity contribution in [2.45, 2.75) is 55.4 Å². The fourth-order valence-electron chi connectivity index (χ4n) is 16.3. The molecule has 32 heteroatoms. The number of halogens is 1. The number of rotatable bonds is 20. The monoisotopic (exact) mass is 1840 g/mol. The molecule has 20 aromatic rings. The van der Waals surface area contributed by atoms with Gasteiger partial charge in [0.15, 0.2) is 5.82 Å². The summed E-state index contributed by atoms with van der Waals surface area (Å²) in [5, 5.41) is 82.4. The normalized spacial score (nSPS) is 10.7. The molecule has 0 bridgehead atoms. The first kappa shape index (κ1) is 92.2. The van der Waals surface area contributed by atoms with Crippen LogP contribution in [0.15, 0.2) is 256 Å². The highest BCUT2D eigenvalue weighted by atomic mass is 19.1. The van der Waals surface area contributed by atoms with Crippen molar-refractivity contribution in [1.29, 1.82) is 31.6 Å². The summed E-state index contributed by atoms with van der Waals surface area (Å²) in [7, 11) is 9.67. The Hall–Kier alpha value is -19.7. The van der Waals surface area contributed by atoms with Crippen LogP contribution in [0.2, 0.25) is 0 Å². The summed E-state index contributed by atoms with van der Waals surface area (Å²) >= 11 is 0. The molecule has 140 heavy (non-hydrogen) atoms. The lowest BCUT2D eigenvalue weighted by atomic mass is 9.97. The van der Waals surface area contributed by atoms with Crippen LogP contribution in [0, 0.1) is 129 Å². The maximum atomic E-state index is 13.8. The van der Waals surface area contributed by atoms with Gasteiger partial charge in [-0.3, -0.25) is 14.8 Å². The molecule has 0 aliphatic rings. The van der Waals surface area contributed by atoms with Crippen molar-refractivity contribution in [3.8, 4) is 116 Å². The summed E-state index contributed by atoms with van der Waals surface area (Å²) < 4.78 is 42.7. The quantitative estimate of drug-likeness (QED) is 0.0413. The van der Waals surface area contributed by atoms with Gasteiger partial charge in [-0.25, -0.2) is 24.3 Å². The Morgan fingerprint density at radius 2 is 0.693 bits per heavy atom. The molecule has 0 saturated carbocycles. The lowest BCUT2D eigenvalue weighted by Crippen LogP contribution is -2.05. The van der Waals surface area contributed by atoms with Crippen molar-refractivity contribution in [3.05, 3.63) is 340 Å². The number of benzene rings is 9.